The van der Waals surface area contributed by atoms with E-state index in [0.717, 1.165) is 23.1 Å². The zero-order valence-electron chi connectivity index (χ0n) is 13.1. The fourth-order valence-electron chi connectivity index (χ4n) is 2.06. The highest BCUT2D eigenvalue weighted by atomic mass is 79.9. The van der Waals surface area contributed by atoms with Crippen LogP contribution in [0.25, 0.3) is 0 Å². The van der Waals surface area contributed by atoms with Crippen LogP contribution >= 0.6 is 27.3 Å². The lowest BCUT2D eigenvalue weighted by atomic mass is 9.98. The van der Waals surface area contributed by atoms with Gasteiger partial charge < -0.3 is 5.32 Å². The summed E-state index contributed by atoms with van der Waals surface area (Å²) in [6.07, 6.45) is 1.03. The van der Waals surface area contributed by atoms with Gasteiger partial charge in [-0.3, -0.25) is 0 Å². The van der Waals surface area contributed by atoms with Crippen LogP contribution in [0.2, 0.25) is 0 Å². The minimum absolute atomic E-state index is 0.145. The molecule has 0 spiro atoms. The molecule has 0 amide bonds. The second kappa shape index (κ2) is 7.03. The molecule has 1 unspecified atom stereocenters. The van der Waals surface area contributed by atoms with E-state index in [0.29, 0.717) is 6.04 Å². The molecule has 114 valence electrons. The van der Waals surface area contributed by atoms with Gasteiger partial charge in [0.1, 0.15) is 0 Å². The molecule has 0 fully saturated rings. The lowest BCUT2D eigenvalue weighted by Gasteiger charge is -2.14. The van der Waals surface area contributed by atoms with Gasteiger partial charge in [-0.2, -0.15) is 0 Å². The fraction of sp³-hybridized carbons (Fsp3) is 0.471. The Morgan fingerprint density at radius 3 is 2.48 bits per heavy atom. The Bertz CT molecular complexity index is 569. The highest BCUT2D eigenvalue weighted by molar-refractivity contribution is 9.10. The van der Waals surface area contributed by atoms with E-state index in [2.05, 4.69) is 78.6 Å². The Morgan fingerprint density at radius 2 is 1.90 bits per heavy atom. The first kappa shape index (κ1) is 16.7. The van der Waals surface area contributed by atoms with Crippen LogP contribution in [-0.4, -0.2) is 11.0 Å². The highest BCUT2D eigenvalue weighted by Gasteiger charge is 2.17. The normalized spacial score (nSPS) is 13.4. The molecule has 1 aromatic heterocycles. The highest BCUT2D eigenvalue weighted by Crippen LogP contribution is 2.25. The van der Waals surface area contributed by atoms with Crippen molar-refractivity contribution in [2.45, 2.75) is 52.1 Å². The van der Waals surface area contributed by atoms with Crippen molar-refractivity contribution in [2.24, 2.45) is 0 Å². The van der Waals surface area contributed by atoms with Gasteiger partial charge in [0.15, 0.2) is 0 Å². The van der Waals surface area contributed by atoms with E-state index in [1.807, 2.05) is 0 Å². The van der Waals surface area contributed by atoms with Crippen LogP contribution in [0, 0.1) is 0 Å². The maximum Gasteiger partial charge on any atom is 0.0982 e. The molecular weight excluding hydrogens is 344 g/mol. The number of aromatic nitrogens is 1. The number of thiazole rings is 1. The lowest BCUT2D eigenvalue weighted by molar-refractivity contribution is 0.535. The van der Waals surface area contributed by atoms with Crippen molar-refractivity contribution in [3.63, 3.8) is 0 Å². The molecule has 4 heteroatoms. The van der Waals surface area contributed by atoms with Crippen molar-refractivity contribution in [1.29, 1.82) is 0 Å². The van der Waals surface area contributed by atoms with E-state index in [-0.39, 0.29) is 5.41 Å². The third-order valence-electron chi connectivity index (χ3n) is 3.28. The predicted molar refractivity (Wildman–Crippen MR) is 95.0 cm³/mol. The molecule has 0 radical (unpaired) electrons. The standard InChI is InChI=1S/C17H23BrN2S/c1-12(9-13-5-7-14(18)8-6-13)19-10-15-11-21-16(20-15)17(2,3)4/h5-8,11-12,19H,9-10H2,1-4H3. The topological polar surface area (TPSA) is 24.9 Å². The van der Waals surface area contributed by atoms with Gasteiger partial charge in [-0.15, -0.1) is 11.3 Å². The number of nitrogens with zero attached hydrogens (tertiary/aromatic N) is 1. The molecule has 0 aliphatic rings. The summed E-state index contributed by atoms with van der Waals surface area (Å²) in [5, 5.41) is 6.93. The van der Waals surface area contributed by atoms with Crippen LogP contribution < -0.4 is 5.32 Å². The van der Waals surface area contributed by atoms with Gasteiger partial charge in [0.05, 0.1) is 10.7 Å². The van der Waals surface area contributed by atoms with Gasteiger partial charge >= 0.3 is 0 Å². The summed E-state index contributed by atoms with van der Waals surface area (Å²) in [4.78, 5) is 4.72. The monoisotopic (exact) mass is 366 g/mol. The maximum atomic E-state index is 4.72. The summed E-state index contributed by atoms with van der Waals surface area (Å²) >= 11 is 5.23. The Labute approximate surface area is 140 Å². The summed E-state index contributed by atoms with van der Waals surface area (Å²) < 4.78 is 1.13. The third-order valence-corrected chi connectivity index (χ3v) is 5.13. The molecule has 1 aromatic carbocycles. The fourth-order valence-corrected chi connectivity index (χ4v) is 3.23. The molecule has 0 saturated carbocycles. The Balaban J connectivity index is 1.85. The third kappa shape index (κ3) is 5.20. The van der Waals surface area contributed by atoms with Crippen LogP contribution in [0.5, 0.6) is 0 Å². The van der Waals surface area contributed by atoms with Crippen molar-refractivity contribution in [3.05, 3.63) is 50.4 Å². The molecule has 0 aliphatic heterocycles. The van der Waals surface area contributed by atoms with Gasteiger partial charge in [0.2, 0.25) is 0 Å². The van der Waals surface area contributed by atoms with E-state index in [1.165, 1.54) is 10.6 Å². The summed E-state index contributed by atoms with van der Waals surface area (Å²) in [5.74, 6) is 0. The molecular formula is C17H23BrN2S. The van der Waals surface area contributed by atoms with Gasteiger partial charge in [0, 0.05) is 27.9 Å². The number of nitrogens with one attached hydrogen (secondary N) is 1. The van der Waals surface area contributed by atoms with Crippen molar-refractivity contribution in [2.75, 3.05) is 0 Å². The lowest BCUT2D eigenvalue weighted by Crippen LogP contribution is -2.27. The molecule has 21 heavy (non-hydrogen) atoms. The Hall–Kier alpha value is -0.710. The molecule has 1 heterocycles. The summed E-state index contributed by atoms with van der Waals surface area (Å²) in [5.41, 5.74) is 2.64. The van der Waals surface area contributed by atoms with E-state index in [4.69, 9.17) is 4.98 Å². The van der Waals surface area contributed by atoms with Crippen molar-refractivity contribution in [3.8, 4) is 0 Å². The first-order valence-corrected chi connectivity index (χ1v) is 8.94. The van der Waals surface area contributed by atoms with Crippen molar-refractivity contribution in [1.82, 2.24) is 10.3 Å². The molecule has 0 bridgehead atoms. The predicted octanol–water partition coefficient (Wildman–Crippen LogP) is 4.92. The first-order chi connectivity index (χ1) is 9.84. The van der Waals surface area contributed by atoms with Crippen LogP contribution in [0.3, 0.4) is 0 Å². The molecule has 1 atom stereocenters. The summed E-state index contributed by atoms with van der Waals surface area (Å²) in [7, 11) is 0. The minimum Gasteiger partial charge on any atom is -0.308 e. The molecule has 0 aliphatic carbocycles. The second-order valence-corrected chi connectivity index (χ2v) is 8.28. The molecule has 2 aromatic rings. The number of benzene rings is 1. The van der Waals surface area contributed by atoms with Crippen molar-refractivity contribution >= 4 is 27.3 Å². The van der Waals surface area contributed by atoms with Gasteiger partial charge in [-0.25, -0.2) is 4.98 Å². The number of halogens is 1. The SMILES string of the molecule is CC(Cc1ccc(Br)cc1)NCc1csc(C(C)(C)C)n1. The zero-order chi connectivity index (χ0) is 15.5. The molecule has 0 saturated heterocycles. The summed E-state index contributed by atoms with van der Waals surface area (Å²) in [6, 6.07) is 8.97. The largest absolute Gasteiger partial charge is 0.308 e. The van der Waals surface area contributed by atoms with E-state index < -0.39 is 0 Å². The molecule has 1 N–H and O–H groups in total. The van der Waals surface area contributed by atoms with Gasteiger partial charge in [-0.1, -0.05) is 48.8 Å². The molecule has 2 rings (SSSR count). The minimum atomic E-state index is 0.145. The summed E-state index contributed by atoms with van der Waals surface area (Å²) in [6.45, 7) is 9.68. The van der Waals surface area contributed by atoms with Crippen molar-refractivity contribution < 1.29 is 0 Å². The average Bonchev–Trinajstić information content (AvgIpc) is 2.88. The van der Waals surface area contributed by atoms with E-state index >= 15 is 0 Å². The van der Waals surface area contributed by atoms with E-state index in [9.17, 15) is 0 Å². The number of hydrogen-bond acceptors (Lipinski definition) is 3. The van der Waals surface area contributed by atoms with Crippen LogP contribution in [0.1, 0.15) is 44.0 Å². The van der Waals surface area contributed by atoms with Gasteiger partial charge in [0.25, 0.3) is 0 Å². The Kier molecular flexibility index (Phi) is 5.58. The van der Waals surface area contributed by atoms with Crippen LogP contribution in [0.15, 0.2) is 34.1 Å². The number of hydrogen-bond donors (Lipinski definition) is 1. The average molecular weight is 367 g/mol. The Morgan fingerprint density at radius 1 is 1.24 bits per heavy atom. The first-order valence-electron chi connectivity index (χ1n) is 7.27. The molecule has 2 nitrogen and oxygen atoms in total. The maximum absolute atomic E-state index is 4.72. The van der Waals surface area contributed by atoms with Crippen LogP contribution in [-0.2, 0) is 18.4 Å². The van der Waals surface area contributed by atoms with Crippen LogP contribution in [0.4, 0.5) is 0 Å². The quantitative estimate of drug-likeness (QED) is 0.811. The second-order valence-electron chi connectivity index (χ2n) is 6.51. The smallest absolute Gasteiger partial charge is 0.0982 e. The van der Waals surface area contributed by atoms with E-state index in [1.54, 1.807) is 11.3 Å². The zero-order valence-corrected chi connectivity index (χ0v) is 15.5. The number of rotatable bonds is 5. The van der Waals surface area contributed by atoms with Gasteiger partial charge in [-0.05, 0) is 31.0 Å².